The zero-order chi connectivity index (χ0) is 13.9. The van der Waals surface area contributed by atoms with Gasteiger partial charge < -0.3 is 15.0 Å². The fourth-order valence-corrected chi connectivity index (χ4v) is 2.01. The fourth-order valence-electron chi connectivity index (χ4n) is 2.01. The Morgan fingerprint density at radius 3 is 2.53 bits per heavy atom. The molecule has 1 aromatic heterocycles. The van der Waals surface area contributed by atoms with Crippen LogP contribution in [-0.4, -0.2) is 23.9 Å². The molecule has 0 saturated carbocycles. The average molecular weight is 269 g/mol. The van der Waals surface area contributed by atoms with E-state index in [1.54, 1.807) is 7.11 Å². The summed E-state index contributed by atoms with van der Waals surface area (Å²) in [5.74, 6) is 1.23. The molecular formula is C14H27N3O2. The third-order valence-corrected chi connectivity index (χ3v) is 3.16. The first-order chi connectivity index (χ1) is 9.27. The van der Waals surface area contributed by atoms with Gasteiger partial charge in [-0.1, -0.05) is 50.6 Å². The second-order valence-electron chi connectivity index (χ2n) is 4.98. The summed E-state index contributed by atoms with van der Waals surface area (Å²) in [6.45, 7) is 2.65. The quantitative estimate of drug-likeness (QED) is 0.625. The number of nitrogens with zero attached hydrogens (tertiary/aromatic N) is 2. The molecule has 19 heavy (non-hydrogen) atoms. The molecule has 0 aromatic carbocycles. The molecule has 5 nitrogen and oxygen atoms in total. The van der Waals surface area contributed by atoms with Crippen LogP contribution in [0.5, 0.6) is 0 Å². The lowest BCUT2D eigenvalue weighted by Gasteiger charge is -2.03. The minimum Gasteiger partial charge on any atom is -0.383 e. The van der Waals surface area contributed by atoms with Crippen LogP contribution in [0.25, 0.3) is 0 Å². The smallest absolute Gasteiger partial charge is 0.226 e. The molecule has 0 aliphatic carbocycles. The van der Waals surface area contributed by atoms with Crippen LogP contribution < -0.4 is 5.73 Å². The lowest BCUT2D eigenvalue weighted by molar-refractivity contribution is 0.177. The highest BCUT2D eigenvalue weighted by molar-refractivity contribution is 4.92. The van der Waals surface area contributed by atoms with E-state index < -0.39 is 0 Å². The normalized spacial score (nSPS) is 12.8. The molecule has 5 heteroatoms. The maximum absolute atomic E-state index is 5.83. The van der Waals surface area contributed by atoms with Crippen LogP contribution in [0.4, 0.5) is 0 Å². The van der Waals surface area contributed by atoms with E-state index >= 15 is 0 Å². The molecule has 1 rings (SSSR count). The SMILES string of the molecule is CCCCCCCCCc1nc(C(N)COC)no1. The van der Waals surface area contributed by atoms with Crippen molar-refractivity contribution in [3.63, 3.8) is 0 Å². The summed E-state index contributed by atoms with van der Waals surface area (Å²) >= 11 is 0. The predicted molar refractivity (Wildman–Crippen MR) is 74.8 cm³/mol. The Labute approximate surface area is 115 Å². The van der Waals surface area contributed by atoms with E-state index in [9.17, 15) is 0 Å². The van der Waals surface area contributed by atoms with Crippen molar-refractivity contribution in [3.8, 4) is 0 Å². The first-order valence-electron chi connectivity index (χ1n) is 7.35. The van der Waals surface area contributed by atoms with Crippen molar-refractivity contribution in [3.05, 3.63) is 11.7 Å². The Kier molecular flexibility index (Phi) is 8.41. The van der Waals surface area contributed by atoms with Crippen molar-refractivity contribution in [2.75, 3.05) is 13.7 Å². The topological polar surface area (TPSA) is 74.2 Å². The van der Waals surface area contributed by atoms with Gasteiger partial charge in [-0.3, -0.25) is 0 Å². The minimum atomic E-state index is -0.295. The lowest BCUT2D eigenvalue weighted by atomic mass is 10.1. The predicted octanol–water partition coefficient (Wildman–Crippen LogP) is 3.01. The highest BCUT2D eigenvalue weighted by Gasteiger charge is 2.13. The standard InChI is InChI=1S/C14H27N3O2/c1-3-4-5-6-7-8-9-10-13-16-14(17-19-13)12(15)11-18-2/h12H,3-11,15H2,1-2H3. The van der Waals surface area contributed by atoms with E-state index in [4.69, 9.17) is 15.0 Å². The Morgan fingerprint density at radius 1 is 1.16 bits per heavy atom. The van der Waals surface area contributed by atoms with Gasteiger partial charge in [0.25, 0.3) is 0 Å². The number of unbranched alkanes of at least 4 members (excludes halogenated alkanes) is 6. The van der Waals surface area contributed by atoms with Gasteiger partial charge in [0, 0.05) is 13.5 Å². The Balaban J connectivity index is 2.13. The second kappa shape index (κ2) is 9.92. The third kappa shape index (κ3) is 6.68. The van der Waals surface area contributed by atoms with Gasteiger partial charge in [-0.15, -0.1) is 0 Å². The van der Waals surface area contributed by atoms with Gasteiger partial charge in [-0.05, 0) is 6.42 Å². The molecular weight excluding hydrogens is 242 g/mol. The van der Waals surface area contributed by atoms with Crippen molar-refractivity contribution >= 4 is 0 Å². The molecule has 110 valence electrons. The second-order valence-corrected chi connectivity index (χ2v) is 4.98. The molecule has 0 aliphatic heterocycles. The number of hydrogen-bond donors (Lipinski definition) is 1. The first kappa shape index (κ1) is 16.1. The molecule has 0 amide bonds. The van der Waals surface area contributed by atoms with Crippen LogP contribution in [0.15, 0.2) is 4.52 Å². The zero-order valence-corrected chi connectivity index (χ0v) is 12.2. The van der Waals surface area contributed by atoms with Gasteiger partial charge in [-0.2, -0.15) is 4.98 Å². The van der Waals surface area contributed by atoms with Crippen molar-refractivity contribution in [1.82, 2.24) is 10.1 Å². The number of rotatable bonds is 11. The largest absolute Gasteiger partial charge is 0.383 e. The van der Waals surface area contributed by atoms with Gasteiger partial charge in [0.05, 0.1) is 12.6 Å². The highest BCUT2D eigenvalue weighted by atomic mass is 16.5. The van der Waals surface area contributed by atoms with Gasteiger partial charge >= 0.3 is 0 Å². The molecule has 1 aromatic rings. The van der Waals surface area contributed by atoms with E-state index in [0.29, 0.717) is 18.3 Å². The fraction of sp³-hybridized carbons (Fsp3) is 0.857. The Hall–Kier alpha value is -0.940. The highest BCUT2D eigenvalue weighted by Crippen LogP contribution is 2.11. The van der Waals surface area contributed by atoms with Crippen LogP contribution in [0.3, 0.4) is 0 Å². The van der Waals surface area contributed by atoms with Crippen molar-refractivity contribution in [2.24, 2.45) is 5.73 Å². The summed E-state index contributed by atoms with van der Waals surface area (Å²) in [5.41, 5.74) is 5.83. The average Bonchev–Trinajstić information content (AvgIpc) is 2.87. The third-order valence-electron chi connectivity index (χ3n) is 3.16. The molecule has 0 fully saturated rings. The maximum Gasteiger partial charge on any atom is 0.226 e. The minimum absolute atomic E-state index is 0.295. The van der Waals surface area contributed by atoms with Crippen molar-refractivity contribution in [1.29, 1.82) is 0 Å². The van der Waals surface area contributed by atoms with Crippen LogP contribution in [0, 0.1) is 0 Å². The van der Waals surface area contributed by atoms with Crippen LogP contribution >= 0.6 is 0 Å². The molecule has 0 bridgehead atoms. The molecule has 0 aliphatic rings. The molecule has 2 N–H and O–H groups in total. The monoisotopic (exact) mass is 269 g/mol. The Morgan fingerprint density at radius 2 is 1.84 bits per heavy atom. The number of aromatic nitrogens is 2. The number of hydrogen-bond acceptors (Lipinski definition) is 5. The van der Waals surface area contributed by atoms with E-state index in [1.165, 1.54) is 38.5 Å². The molecule has 1 unspecified atom stereocenters. The Bertz CT molecular complexity index is 328. The van der Waals surface area contributed by atoms with Crippen LogP contribution in [0.2, 0.25) is 0 Å². The first-order valence-corrected chi connectivity index (χ1v) is 7.35. The van der Waals surface area contributed by atoms with Crippen LogP contribution in [-0.2, 0) is 11.2 Å². The number of nitrogens with two attached hydrogens (primary N) is 1. The zero-order valence-electron chi connectivity index (χ0n) is 12.2. The summed E-state index contributed by atoms with van der Waals surface area (Å²) in [6, 6.07) is -0.295. The number of methoxy groups -OCH3 is 1. The molecule has 0 spiro atoms. The summed E-state index contributed by atoms with van der Waals surface area (Å²) in [6.07, 6.45) is 9.81. The molecule has 0 saturated heterocycles. The van der Waals surface area contributed by atoms with E-state index in [-0.39, 0.29) is 6.04 Å². The lowest BCUT2D eigenvalue weighted by Crippen LogP contribution is -2.17. The van der Waals surface area contributed by atoms with Crippen molar-refractivity contribution in [2.45, 2.75) is 64.3 Å². The van der Waals surface area contributed by atoms with Gasteiger partial charge in [0.15, 0.2) is 5.82 Å². The van der Waals surface area contributed by atoms with E-state index in [0.717, 1.165) is 12.8 Å². The van der Waals surface area contributed by atoms with Gasteiger partial charge in [0.2, 0.25) is 5.89 Å². The van der Waals surface area contributed by atoms with E-state index in [2.05, 4.69) is 17.1 Å². The van der Waals surface area contributed by atoms with Gasteiger partial charge in [-0.25, -0.2) is 0 Å². The molecule has 1 heterocycles. The number of ether oxygens (including phenoxy) is 1. The van der Waals surface area contributed by atoms with Gasteiger partial charge in [0.1, 0.15) is 0 Å². The molecule has 0 radical (unpaired) electrons. The van der Waals surface area contributed by atoms with Crippen LogP contribution in [0.1, 0.15) is 69.6 Å². The summed E-state index contributed by atoms with van der Waals surface area (Å²) in [7, 11) is 1.61. The summed E-state index contributed by atoms with van der Waals surface area (Å²) in [5, 5.41) is 3.88. The molecule has 1 atom stereocenters. The summed E-state index contributed by atoms with van der Waals surface area (Å²) < 4.78 is 10.1. The summed E-state index contributed by atoms with van der Waals surface area (Å²) in [4.78, 5) is 4.29. The maximum atomic E-state index is 5.83. The van der Waals surface area contributed by atoms with E-state index in [1.807, 2.05) is 0 Å². The number of aryl methyl sites for hydroxylation is 1. The van der Waals surface area contributed by atoms with Crippen molar-refractivity contribution < 1.29 is 9.26 Å².